The Morgan fingerprint density at radius 2 is 2.00 bits per heavy atom. The number of alkyl halides is 4. The Bertz CT molecular complexity index is 762. The monoisotopic (exact) mass is 426 g/mol. The van der Waals surface area contributed by atoms with Gasteiger partial charge in [0.05, 0.1) is 5.88 Å². The first-order valence-corrected chi connectivity index (χ1v) is 8.07. The zero-order chi connectivity index (χ0) is 18.1. The Morgan fingerprint density at radius 1 is 1.33 bits per heavy atom. The van der Waals surface area contributed by atoms with Gasteiger partial charge in [0.15, 0.2) is 5.69 Å². The summed E-state index contributed by atoms with van der Waals surface area (Å²) in [6.45, 7) is 1.47. The van der Waals surface area contributed by atoms with Gasteiger partial charge in [0.2, 0.25) is 0 Å². The molecule has 3 nitrogen and oxygen atoms in total. The Balaban J connectivity index is 2.61. The number of benzene rings is 1. The minimum atomic E-state index is -4.65. The van der Waals surface area contributed by atoms with E-state index in [0.29, 0.717) is 4.47 Å². The number of Topliss-reactive ketones (excluding diaryl/α,β-unsaturated/α-hetero) is 1. The molecule has 0 aliphatic carbocycles. The van der Waals surface area contributed by atoms with Crippen LogP contribution < -0.4 is 0 Å². The van der Waals surface area contributed by atoms with Crippen molar-refractivity contribution in [2.45, 2.75) is 24.9 Å². The van der Waals surface area contributed by atoms with Gasteiger partial charge in [-0.1, -0.05) is 15.9 Å². The summed E-state index contributed by atoms with van der Waals surface area (Å²) in [5.74, 6) is -1.40. The number of carbonyl (C=O) groups is 1. The number of carbonyl (C=O) groups excluding carboxylic acids is 1. The summed E-state index contributed by atoms with van der Waals surface area (Å²) in [6, 6.07) is 4.83. The summed E-state index contributed by atoms with van der Waals surface area (Å²) < 4.78 is 53.3. The highest BCUT2D eigenvalue weighted by Crippen LogP contribution is 2.39. The normalized spacial score (nSPS) is 14.5. The van der Waals surface area contributed by atoms with Crippen LogP contribution in [-0.4, -0.2) is 21.9 Å². The van der Waals surface area contributed by atoms with Crippen LogP contribution in [0.25, 0.3) is 0 Å². The highest BCUT2D eigenvalue weighted by molar-refractivity contribution is 9.10. The molecule has 0 saturated heterocycles. The first-order valence-electron chi connectivity index (χ1n) is 6.74. The summed E-state index contributed by atoms with van der Waals surface area (Å²) in [5, 5.41) is 5.52. The predicted octanol–water partition coefficient (Wildman–Crippen LogP) is 4.83. The topological polar surface area (TPSA) is 45.8 Å². The van der Waals surface area contributed by atoms with Crippen molar-refractivity contribution in [1.82, 2.24) is 10.2 Å². The molecule has 0 aliphatic rings. The number of ketones is 1. The van der Waals surface area contributed by atoms with Crippen molar-refractivity contribution < 1.29 is 22.4 Å². The summed E-state index contributed by atoms with van der Waals surface area (Å²) in [4.78, 5) is 11.9. The van der Waals surface area contributed by atoms with E-state index in [4.69, 9.17) is 11.6 Å². The van der Waals surface area contributed by atoms with E-state index in [-0.39, 0.29) is 23.6 Å². The average Bonchev–Trinajstić information content (AvgIpc) is 3.00. The van der Waals surface area contributed by atoms with E-state index in [1.54, 1.807) is 0 Å². The molecular weight excluding hydrogens is 416 g/mol. The van der Waals surface area contributed by atoms with Gasteiger partial charge in [-0.25, -0.2) is 4.39 Å². The molecule has 1 atom stereocenters. The molecule has 0 amide bonds. The fourth-order valence-electron chi connectivity index (χ4n) is 2.45. The van der Waals surface area contributed by atoms with Crippen molar-refractivity contribution in [2.24, 2.45) is 0 Å². The molecule has 130 valence electrons. The molecule has 0 bridgehead atoms. The van der Waals surface area contributed by atoms with Gasteiger partial charge in [0.25, 0.3) is 0 Å². The lowest BCUT2D eigenvalue weighted by Crippen LogP contribution is -2.29. The second-order valence-electron chi connectivity index (χ2n) is 5.47. The van der Waals surface area contributed by atoms with Gasteiger partial charge >= 0.3 is 6.18 Å². The fraction of sp³-hybridized carbons (Fsp3) is 0.333. The van der Waals surface area contributed by atoms with Crippen LogP contribution in [0.3, 0.4) is 0 Å². The minimum absolute atomic E-state index is 0.0229. The summed E-state index contributed by atoms with van der Waals surface area (Å²) in [5.41, 5.74) is -2.48. The molecule has 24 heavy (non-hydrogen) atoms. The number of nitrogens with zero attached hydrogens (tertiary/aromatic N) is 1. The molecule has 0 radical (unpaired) electrons. The summed E-state index contributed by atoms with van der Waals surface area (Å²) >= 11 is 8.72. The van der Waals surface area contributed by atoms with E-state index >= 15 is 0 Å². The minimum Gasteiger partial charge on any atom is -0.298 e. The van der Waals surface area contributed by atoms with Crippen LogP contribution in [0.1, 0.15) is 30.3 Å². The highest BCUT2D eigenvalue weighted by Gasteiger charge is 2.40. The maximum atomic E-state index is 14.3. The van der Waals surface area contributed by atoms with Crippen molar-refractivity contribution in [2.75, 3.05) is 5.88 Å². The number of aromatic amines is 1. The van der Waals surface area contributed by atoms with E-state index in [1.807, 2.05) is 0 Å². The molecule has 0 spiro atoms. The standard InChI is InChI=1S/C15H12BrClF4N2O/c1-14(6-9(24)7-17,10-4-8(16)2-3-11(10)18)12-5-13(23-22-12)15(19,20)21/h2-5H,6-7H2,1H3,(H,22,23). The van der Waals surface area contributed by atoms with Gasteiger partial charge in [-0.05, 0) is 31.2 Å². The van der Waals surface area contributed by atoms with Crippen LogP contribution in [0.2, 0.25) is 0 Å². The lowest BCUT2D eigenvalue weighted by Gasteiger charge is -2.28. The number of hydrogen-bond donors (Lipinski definition) is 1. The van der Waals surface area contributed by atoms with E-state index in [1.165, 1.54) is 25.1 Å². The number of hydrogen-bond acceptors (Lipinski definition) is 2. The predicted molar refractivity (Wildman–Crippen MR) is 84.5 cm³/mol. The first-order chi connectivity index (χ1) is 11.1. The van der Waals surface area contributed by atoms with Crippen molar-refractivity contribution in [3.63, 3.8) is 0 Å². The quantitative estimate of drug-likeness (QED) is 0.548. The summed E-state index contributed by atoms with van der Waals surface area (Å²) in [6.07, 6.45) is -4.93. The van der Waals surface area contributed by atoms with Crippen molar-refractivity contribution in [3.05, 3.63) is 51.5 Å². The van der Waals surface area contributed by atoms with Gasteiger partial charge in [0.1, 0.15) is 11.6 Å². The lowest BCUT2D eigenvalue weighted by molar-refractivity contribution is -0.141. The molecule has 2 rings (SSSR count). The molecule has 1 unspecified atom stereocenters. The number of nitrogens with one attached hydrogen (secondary N) is 1. The van der Waals surface area contributed by atoms with Crippen molar-refractivity contribution >= 4 is 33.3 Å². The smallest absolute Gasteiger partial charge is 0.298 e. The molecular formula is C15H12BrClF4N2O. The second kappa shape index (κ2) is 6.84. The van der Waals surface area contributed by atoms with E-state index in [0.717, 1.165) is 6.07 Å². The average molecular weight is 428 g/mol. The molecule has 1 heterocycles. The third-order valence-corrected chi connectivity index (χ3v) is 4.48. The molecule has 2 aromatic rings. The van der Waals surface area contributed by atoms with Crippen LogP contribution >= 0.6 is 27.5 Å². The van der Waals surface area contributed by atoms with Crippen LogP contribution in [0.4, 0.5) is 17.6 Å². The number of H-pyrrole nitrogens is 1. The molecule has 1 aromatic carbocycles. The largest absolute Gasteiger partial charge is 0.435 e. The number of aromatic nitrogens is 2. The molecule has 9 heteroatoms. The Morgan fingerprint density at radius 3 is 2.54 bits per heavy atom. The maximum Gasteiger partial charge on any atom is 0.435 e. The van der Waals surface area contributed by atoms with E-state index in [9.17, 15) is 22.4 Å². The number of halogens is 6. The Hall–Kier alpha value is -1.41. The molecule has 0 saturated carbocycles. The van der Waals surface area contributed by atoms with Gasteiger partial charge in [-0.2, -0.15) is 18.3 Å². The van der Waals surface area contributed by atoms with Crippen LogP contribution in [0, 0.1) is 5.82 Å². The van der Waals surface area contributed by atoms with Crippen LogP contribution in [0.15, 0.2) is 28.7 Å². The fourth-order valence-corrected chi connectivity index (χ4v) is 2.90. The number of rotatable bonds is 5. The Kier molecular flexibility index (Phi) is 5.39. The van der Waals surface area contributed by atoms with Gasteiger partial charge in [-0.3, -0.25) is 9.89 Å². The Labute approximate surface area is 148 Å². The molecule has 0 aliphatic heterocycles. The third-order valence-electron chi connectivity index (χ3n) is 3.69. The molecule has 0 fully saturated rings. The molecule has 1 N–H and O–H groups in total. The maximum absolute atomic E-state index is 14.3. The SMILES string of the molecule is CC(CC(=O)CCl)(c1cc(C(F)(F)F)n[nH]1)c1cc(Br)ccc1F. The van der Waals surface area contributed by atoms with Crippen LogP contribution in [-0.2, 0) is 16.4 Å². The van der Waals surface area contributed by atoms with Gasteiger partial charge < -0.3 is 0 Å². The van der Waals surface area contributed by atoms with E-state index in [2.05, 4.69) is 26.1 Å². The van der Waals surface area contributed by atoms with Crippen molar-refractivity contribution in [3.8, 4) is 0 Å². The highest BCUT2D eigenvalue weighted by atomic mass is 79.9. The molecule has 1 aromatic heterocycles. The lowest BCUT2D eigenvalue weighted by atomic mass is 9.75. The van der Waals surface area contributed by atoms with E-state index < -0.39 is 28.9 Å². The second-order valence-corrected chi connectivity index (χ2v) is 6.65. The van der Waals surface area contributed by atoms with Gasteiger partial charge in [0, 0.05) is 27.6 Å². The van der Waals surface area contributed by atoms with Crippen molar-refractivity contribution in [1.29, 1.82) is 0 Å². The van der Waals surface area contributed by atoms with Gasteiger partial charge in [-0.15, -0.1) is 11.6 Å². The summed E-state index contributed by atoms with van der Waals surface area (Å²) in [7, 11) is 0. The van der Waals surface area contributed by atoms with Crippen LogP contribution in [0.5, 0.6) is 0 Å². The first kappa shape index (κ1) is 18.9. The zero-order valence-electron chi connectivity index (χ0n) is 12.3. The third kappa shape index (κ3) is 3.80. The zero-order valence-corrected chi connectivity index (χ0v) is 14.7.